The molecule has 0 saturated heterocycles. The fourth-order valence-corrected chi connectivity index (χ4v) is 4.79. The lowest BCUT2D eigenvalue weighted by molar-refractivity contribution is -0.141. The van der Waals surface area contributed by atoms with Gasteiger partial charge >= 0.3 is 5.97 Å². The van der Waals surface area contributed by atoms with Crippen molar-refractivity contribution in [2.45, 2.75) is 58.0 Å². The molecule has 0 fully saturated rings. The van der Waals surface area contributed by atoms with Crippen molar-refractivity contribution in [3.8, 4) is 22.6 Å². The summed E-state index contributed by atoms with van der Waals surface area (Å²) in [6.45, 7) is 6.76. The van der Waals surface area contributed by atoms with Crippen LogP contribution in [0.15, 0.2) is 54.6 Å². The van der Waals surface area contributed by atoms with Crippen molar-refractivity contribution >= 4 is 5.97 Å². The maximum atomic E-state index is 14.8. The molecular weight excluding hydrogens is 443 g/mol. The van der Waals surface area contributed by atoms with Crippen molar-refractivity contribution < 1.29 is 23.4 Å². The van der Waals surface area contributed by atoms with E-state index in [2.05, 4.69) is 39.0 Å². The molecule has 0 radical (unpaired) electrons. The number of ether oxygens (including phenoxy) is 3. The van der Waals surface area contributed by atoms with Gasteiger partial charge in [0.2, 0.25) is 0 Å². The van der Waals surface area contributed by atoms with E-state index in [9.17, 15) is 9.18 Å². The number of hydrogen-bond donors (Lipinski definition) is 0. The van der Waals surface area contributed by atoms with Gasteiger partial charge in [-0.15, -0.1) is 0 Å². The standard InChI is InChI=1S/C30H33FO4/c1-30(2,3)27-14-19(6-12-24(27)26-16-22(33-4)11-13-28(26)31)18-35-23-10-9-20-7-8-21(25(20)17-23)15-29(32)34-5/h6,9-14,16-17,21H,7-8,15,18H2,1-5H3/t21-/m1/s1. The normalized spacial score (nSPS) is 15.0. The van der Waals surface area contributed by atoms with Crippen LogP contribution in [-0.2, 0) is 28.0 Å². The highest BCUT2D eigenvalue weighted by Crippen LogP contribution is 2.39. The van der Waals surface area contributed by atoms with Crippen LogP contribution in [0.4, 0.5) is 4.39 Å². The molecule has 5 heteroatoms. The lowest BCUT2D eigenvalue weighted by atomic mass is 9.81. The fraction of sp³-hybridized carbons (Fsp3) is 0.367. The average molecular weight is 477 g/mol. The Labute approximate surface area is 207 Å². The van der Waals surface area contributed by atoms with E-state index >= 15 is 0 Å². The van der Waals surface area contributed by atoms with Gasteiger partial charge in [-0.25, -0.2) is 4.39 Å². The summed E-state index contributed by atoms with van der Waals surface area (Å²) in [6, 6.07) is 17.0. The molecule has 0 N–H and O–H groups in total. The highest BCUT2D eigenvalue weighted by molar-refractivity contribution is 5.72. The molecule has 1 aliphatic rings. The largest absolute Gasteiger partial charge is 0.497 e. The maximum absolute atomic E-state index is 14.8. The molecule has 0 amide bonds. The first kappa shape index (κ1) is 24.8. The van der Waals surface area contributed by atoms with Crippen LogP contribution in [0.1, 0.15) is 61.8 Å². The second kappa shape index (κ2) is 10.1. The third-order valence-electron chi connectivity index (χ3n) is 6.72. The first-order chi connectivity index (χ1) is 16.7. The van der Waals surface area contributed by atoms with Gasteiger partial charge in [-0.05, 0) is 82.3 Å². The van der Waals surface area contributed by atoms with Gasteiger partial charge in [-0.3, -0.25) is 4.79 Å². The van der Waals surface area contributed by atoms with E-state index in [1.807, 2.05) is 18.2 Å². The van der Waals surface area contributed by atoms with Crippen molar-refractivity contribution in [3.63, 3.8) is 0 Å². The molecule has 0 unspecified atom stereocenters. The topological polar surface area (TPSA) is 44.8 Å². The van der Waals surface area contributed by atoms with Crippen molar-refractivity contribution in [2.24, 2.45) is 0 Å². The van der Waals surface area contributed by atoms with Gasteiger partial charge in [0, 0.05) is 5.56 Å². The Hall–Kier alpha value is -3.34. The number of hydrogen-bond acceptors (Lipinski definition) is 4. The predicted octanol–water partition coefficient (Wildman–Crippen LogP) is 6.97. The first-order valence-electron chi connectivity index (χ1n) is 12.0. The minimum Gasteiger partial charge on any atom is -0.497 e. The lowest BCUT2D eigenvalue weighted by Gasteiger charge is -2.24. The molecule has 0 aromatic heterocycles. The van der Waals surface area contributed by atoms with Gasteiger partial charge in [0.15, 0.2) is 0 Å². The monoisotopic (exact) mass is 476 g/mol. The number of rotatable bonds is 7. The summed E-state index contributed by atoms with van der Waals surface area (Å²) in [6.07, 6.45) is 2.31. The van der Waals surface area contributed by atoms with Crippen LogP contribution in [0.2, 0.25) is 0 Å². The zero-order valence-corrected chi connectivity index (χ0v) is 21.1. The summed E-state index contributed by atoms with van der Waals surface area (Å²) in [5.74, 6) is 1.11. The zero-order valence-electron chi connectivity index (χ0n) is 21.1. The van der Waals surface area contributed by atoms with E-state index in [0.717, 1.165) is 35.3 Å². The van der Waals surface area contributed by atoms with Crippen LogP contribution in [0.5, 0.6) is 11.5 Å². The van der Waals surface area contributed by atoms with Crippen LogP contribution >= 0.6 is 0 Å². The van der Waals surface area contributed by atoms with Gasteiger partial charge in [0.25, 0.3) is 0 Å². The Bertz CT molecular complexity index is 1230. The predicted molar refractivity (Wildman–Crippen MR) is 136 cm³/mol. The van der Waals surface area contributed by atoms with Crippen molar-refractivity contribution in [1.82, 2.24) is 0 Å². The molecular formula is C30H33FO4. The number of halogens is 1. The second-order valence-electron chi connectivity index (χ2n) is 10.1. The van der Waals surface area contributed by atoms with E-state index in [0.29, 0.717) is 24.3 Å². The summed E-state index contributed by atoms with van der Waals surface area (Å²) in [7, 11) is 3.01. The van der Waals surface area contributed by atoms with E-state index < -0.39 is 0 Å². The van der Waals surface area contributed by atoms with Crippen molar-refractivity contribution in [3.05, 3.63) is 82.7 Å². The highest BCUT2D eigenvalue weighted by Gasteiger charge is 2.26. The first-order valence-corrected chi connectivity index (χ1v) is 12.0. The average Bonchev–Trinajstić information content (AvgIpc) is 3.24. The van der Waals surface area contributed by atoms with Gasteiger partial charge in [-0.2, -0.15) is 0 Å². The number of carbonyl (C=O) groups is 1. The van der Waals surface area contributed by atoms with Crippen LogP contribution in [0.3, 0.4) is 0 Å². The Balaban J connectivity index is 1.58. The van der Waals surface area contributed by atoms with Crippen LogP contribution in [0, 0.1) is 5.82 Å². The number of esters is 1. The molecule has 3 aromatic carbocycles. The maximum Gasteiger partial charge on any atom is 0.306 e. The molecule has 184 valence electrons. The van der Waals surface area contributed by atoms with Gasteiger partial charge < -0.3 is 14.2 Å². The number of fused-ring (bicyclic) bond motifs is 1. The minimum absolute atomic E-state index is 0.172. The Morgan fingerprint density at radius 3 is 2.46 bits per heavy atom. The van der Waals surface area contributed by atoms with Crippen molar-refractivity contribution in [2.75, 3.05) is 14.2 Å². The Kier molecular flexibility index (Phi) is 7.15. The van der Waals surface area contributed by atoms with Gasteiger partial charge in [0.05, 0.1) is 20.6 Å². The minimum atomic E-state index is -0.278. The smallest absolute Gasteiger partial charge is 0.306 e. The Morgan fingerprint density at radius 2 is 1.74 bits per heavy atom. The molecule has 0 heterocycles. The molecule has 0 bridgehead atoms. The van der Waals surface area contributed by atoms with Crippen LogP contribution in [0.25, 0.3) is 11.1 Å². The summed E-state index contributed by atoms with van der Waals surface area (Å²) < 4.78 is 31.1. The SMILES string of the molecule is COC(=O)C[C@H]1CCc2ccc(OCc3ccc(-c4cc(OC)ccc4F)c(C(C)(C)C)c3)cc21. The highest BCUT2D eigenvalue weighted by atomic mass is 19.1. The summed E-state index contributed by atoms with van der Waals surface area (Å²) in [5.41, 5.74) is 5.66. The number of methoxy groups -OCH3 is 2. The summed E-state index contributed by atoms with van der Waals surface area (Å²) in [4.78, 5) is 11.8. The van der Waals surface area contributed by atoms with Gasteiger partial charge in [0.1, 0.15) is 23.9 Å². The molecule has 1 aliphatic carbocycles. The number of carbonyl (C=O) groups excluding carboxylic acids is 1. The van der Waals surface area contributed by atoms with Crippen molar-refractivity contribution in [1.29, 1.82) is 0 Å². The molecule has 1 atom stereocenters. The van der Waals surface area contributed by atoms with Gasteiger partial charge in [-0.1, -0.05) is 45.0 Å². The molecule has 0 spiro atoms. The summed E-state index contributed by atoms with van der Waals surface area (Å²) in [5, 5.41) is 0. The third kappa shape index (κ3) is 5.50. The molecule has 35 heavy (non-hydrogen) atoms. The third-order valence-corrected chi connectivity index (χ3v) is 6.72. The summed E-state index contributed by atoms with van der Waals surface area (Å²) >= 11 is 0. The van der Waals surface area contributed by atoms with Crippen LogP contribution < -0.4 is 9.47 Å². The van der Waals surface area contributed by atoms with Crippen LogP contribution in [-0.4, -0.2) is 20.2 Å². The Morgan fingerprint density at radius 1 is 0.971 bits per heavy atom. The number of benzene rings is 3. The molecule has 4 nitrogen and oxygen atoms in total. The van der Waals surface area contributed by atoms with E-state index in [-0.39, 0.29) is 23.1 Å². The van der Waals surface area contributed by atoms with E-state index in [1.165, 1.54) is 24.3 Å². The molecule has 0 aliphatic heterocycles. The van der Waals surface area contributed by atoms with E-state index in [4.69, 9.17) is 14.2 Å². The quantitative estimate of drug-likeness (QED) is 0.346. The molecule has 3 aromatic rings. The molecule has 4 rings (SSSR count). The lowest BCUT2D eigenvalue weighted by Crippen LogP contribution is -2.14. The zero-order chi connectivity index (χ0) is 25.2. The number of aryl methyl sites for hydroxylation is 1. The second-order valence-corrected chi connectivity index (χ2v) is 10.1. The fourth-order valence-electron chi connectivity index (χ4n) is 4.79. The molecule has 0 saturated carbocycles. The van der Waals surface area contributed by atoms with E-state index in [1.54, 1.807) is 19.2 Å².